The monoisotopic (exact) mass is 386 g/mol. The van der Waals surface area contributed by atoms with Crippen LogP contribution in [0.3, 0.4) is 0 Å². The van der Waals surface area contributed by atoms with E-state index in [4.69, 9.17) is 13.9 Å². The van der Waals surface area contributed by atoms with Crippen LogP contribution in [0.25, 0.3) is 0 Å². The van der Waals surface area contributed by atoms with Gasteiger partial charge < -0.3 is 19.0 Å². The van der Waals surface area contributed by atoms with E-state index in [9.17, 15) is 14.7 Å². The Morgan fingerprint density at radius 1 is 1.38 bits per heavy atom. The number of hydrogen-bond donors (Lipinski definition) is 2. The summed E-state index contributed by atoms with van der Waals surface area (Å²) >= 11 is 0. The van der Waals surface area contributed by atoms with E-state index in [1.54, 1.807) is 6.92 Å². The molecule has 2 unspecified atom stereocenters. The molecule has 0 aromatic carbocycles. The van der Waals surface area contributed by atoms with Crippen LogP contribution < -0.4 is 11.2 Å². The third kappa shape index (κ3) is 4.17. The average molecular weight is 387 g/mol. The molecule has 0 bridgehead atoms. The van der Waals surface area contributed by atoms with Gasteiger partial charge in [0.1, 0.15) is 12.3 Å². The van der Waals surface area contributed by atoms with Gasteiger partial charge in [0.2, 0.25) is 0 Å². The molecule has 4 atom stereocenters. The van der Waals surface area contributed by atoms with Crippen LogP contribution in [0, 0.1) is 6.92 Å². The van der Waals surface area contributed by atoms with Crippen molar-refractivity contribution in [1.29, 1.82) is 0 Å². The maximum absolute atomic E-state index is 12.2. The lowest BCUT2D eigenvalue weighted by Gasteiger charge is -2.39. The molecule has 0 spiro atoms. The summed E-state index contributed by atoms with van der Waals surface area (Å²) in [4.78, 5) is 26.1. The summed E-state index contributed by atoms with van der Waals surface area (Å²) in [5, 5.41) is 10.2. The van der Waals surface area contributed by atoms with Crippen molar-refractivity contribution in [2.24, 2.45) is 0 Å². The number of methoxy groups -OCH3 is 1. The number of H-pyrrole nitrogens is 1. The van der Waals surface area contributed by atoms with Gasteiger partial charge in [-0.05, 0) is 25.1 Å². The summed E-state index contributed by atoms with van der Waals surface area (Å²) in [6.45, 7) is 12.2. The van der Waals surface area contributed by atoms with Crippen LogP contribution in [0.5, 0.6) is 0 Å². The van der Waals surface area contributed by atoms with Crippen molar-refractivity contribution >= 4 is 8.32 Å². The number of nitrogens with one attached hydrogen (secondary N) is 1. The minimum atomic E-state index is -2.13. The van der Waals surface area contributed by atoms with E-state index in [1.807, 2.05) is 0 Å². The van der Waals surface area contributed by atoms with Crippen molar-refractivity contribution in [1.82, 2.24) is 9.55 Å². The van der Waals surface area contributed by atoms with E-state index in [0.717, 1.165) is 0 Å². The molecule has 2 N–H and O–H groups in total. The molecule has 1 fully saturated rings. The van der Waals surface area contributed by atoms with Crippen molar-refractivity contribution in [3.8, 4) is 0 Å². The van der Waals surface area contributed by atoms with Gasteiger partial charge in [-0.3, -0.25) is 14.3 Å². The summed E-state index contributed by atoms with van der Waals surface area (Å²) in [5.41, 5.74) is -0.568. The van der Waals surface area contributed by atoms with Crippen LogP contribution >= 0.6 is 0 Å². The summed E-state index contributed by atoms with van der Waals surface area (Å²) in [6, 6.07) is 0. The van der Waals surface area contributed by atoms with Gasteiger partial charge >= 0.3 is 5.69 Å². The van der Waals surface area contributed by atoms with E-state index in [0.29, 0.717) is 12.0 Å². The van der Waals surface area contributed by atoms with Crippen LogP contribution in [-0.4, -0.2) is 48.6 Å². The van der Waals surface area contributed by atoms with Gasteiger partial charge in [0.25, 0.3) is 5.56 Å². The lowest BCUT2D eigenvalue weighted by Crippen LogP contribution is -2.48. The number of rotatable bonds is 5. The Kier molecular flexibility index (Phi) is 5.98. The molecule has 26 heavy (non-hydrogen) atoms. The SMILES string of the molecule is COC(O)[C@H]1O[C@@H](n2cc(C)c(=O)[nH]c2=O)CC1O[Si](C)(C)C(C)(C)C. The number of aryl methyl sites for hydroxylation is 1. The second-order valence-electron chi connectivity index (χ2n) is 8.31. The number of ether oxygens (including phenoxy) is 2. The molecular weight excluding hydrogens is 356 g/mol. The van der Waals surface area contributed by atoms with E-state index < -0.39 is 44.3 Å². The smallest absolute Gasteiger partial charge is 0.330 e. The quantitative estimate of drug-likeness (QED) is 0.587. The largest absolute Gasteiger partial charge is 0.411 e. The lowest BCUT2D eigenvalue weighted by atomic mass is 10.1. The van der Waals surface area contributed by atoms with E-state index in [1.165, 1.54) is 17.9 Å². The van der Waals surface area contributed by atoms with Crippen molar-refractivity contribution < 1.29 is 19.0 Å². The highest BCUT2D eigenvalue weighted by molar-refractivity contribution is 6.74. The van der Waals surface area contributed by atoms with E-state index in [-0.39, 0.29) is 5.04 Å². The predicted molar refractivity (Wildman–Crippen MR) is 99.7 cm³/mol. The molecule has 1 aromatic rings. The number of aromatic nitrogens is 2. The van der Waals surface area contributed by atoms with Gasteiger partial charge in [-0.2, -0.15) is 0 Å². The van der Waals surface area contributed by atoms with Crippen LogP contribution in [0.15, 0.2) is 15.8 Å². The molecule has 0 saturated carbocycles. The number of nitrogens with zero attached hydrogens (tertiary/aromatic N) is 1. The Bertz CT molecular complexity index is 751. The number of aromatic amines is 1. The van der Waals surface area contributed by atoms with Gasteiger partial charge in [-0.1, -0.05) is 20.8 Å². The van der Waals surface area contributed by atoms with Crippen LogP contribution in [-0.2, 0) is 13.9 Å². The summed E-state index contributed by atoms with van der Waals surface area (Å²) in [6.07, 6.45) is -1.12. The summed E-state index contributed by atoms with van der Waals surface area (Å²) in [5.74, 6) is 0. The van der Waals surface area contributed by atoms with Gasteiger partial charge in [0, 0.05) is 25.3 Å². The molecule has 2 heterocycles. The highest BCUT2D eigenvalue weighted by Gasteiger charge is 2.47. The molecule has 2 rings (SSSR count). The molecule has 8 nitrogen and oxygen atoms in total. The molecule has 9 heteroatoms. The lowest BCUT2D eigenvalue weighted by molar-refractivity contribution is -0.182. The zero-order chi connectivity index (χ0) is 19.9. The van der Waals surface area contributed by atoms with Gasteiger partial charge in [-0.25, -0.2) is 4.79 Å². The molecular formula is C17H30N2O6Si. The van der Waals surface area contributed by atoms with Crippen molar-refractivity contribution in [3.05, 3.63) is 32.6 Å². The Balaban J connectivity index is 2.33. The molecule has 1 saturated heterocycles. The first kappa shape index (κ1) is 21.0. The third-order valence-corrected chi connectivity index (χ3v) is 9.85. The average Bonchev–Trinajstić information content (AvgIpc) is 2.91. The third-order valence-electron chi connectivity index (χ3n) is 5.35. The van der Waals surface area contributed by atoms with Crippen LogP contribution in [0.2, 0.25) is 18.1 Å². The first-order valence-corrected chi connectivity index (χ1v) is 11.6. The molecule has 0 radical (unpaired) electrons. The summed E-state index contributed by atoms with van der Waals surface area (Å²) in [7, 11) is -0.736. The fourth-order valence-corrected chi connectivity index (χ4v) is 4.03. The van der Waals surface area contributed by atoms with Crippen LogP contribution in [0.4, 0.5) is 0 Å². The first-order chi connectivity index (χ1) is 11.9. The van der Waals surface area contributed by atoms with Crippen molar-refractivity contribution in [2.75, 3.05) is 7.11 Å². The Morgan fingerprint density at radius 3 is 2.54 bits per heavy atom. The Labute approximate surface area is 154 Å². The Morgan fingerprint density at radius 2 is 2.00 bits per heavy atom. The molecule has 1 aliphatic heterocycles. The number of aliphatic hydroxyl groups is 1. The van der Waals surface area contributed by atoms with E-state index >= 15 is 0 Å². The molecule has 1 aromatic heterocycles. The normalized spacial score (nSPS) is 25.5. The predicted octanol–water partition coefficient (Wildman–Crippen LogP) is 1.49. The number of hydrogen-bond acceptors (Lipinski definition) is 6. The molecule has 148 valence electrons. The zero-order valence-electron chi connectivity index (χ0n) is 16.5. The van der Waals surface area contributed by atoms with Gasteiger partial charge in [0.05, 0.1) is 6.10 Å². The molecule has 0 amide bonds. The summed E-state index contributed by atoms with van der Waals surface area (Å²) < 4.78 is 18.7. The van der Waals surface area contributed by atoms with Crippen molar-refractivity contribution in [2.45, 2.75) is 77.0 Å². The fourth-order valence-electron chi connectivity index (χ4n) is 2.69. The highest BCUT2D eigenvalue weighted by atomic mass is 28.4. The molecule has 1 aliphatic rings. The topological polar surface area (TPSA) is 103 Å². The molecule has 0 aliphatic carbocycles. The van der Waals surface area contributed by atoms with Crippen LogP contribution in [0.1, 0.15) is 39.0 Å². The van der Waals surface area contributed by atoms with Crippen molar-refractivity contribution in [3.63, 3.8) is 0 Å². The first-order valence-electron chi connectivity index (χ1n) is 8.73. The minimum Gasteiger partial charge on any atom is -0.411 e. The zero-order valence-corrected chi connectivity index (χ0v) is 17.5. The van der Waals surface area contributed by atoms with Gasteiger partial charge in [-0.15, -0.1) is 0 Å². The maximum Gasteiger partial charge on any atom is 0.330 e. The highest BCUT2D eigenvalue weighted by Crippen LogP contribution is 2.41. The second-order valence-corrected chi connectivity index (χ2v) is 13.1. The van der Waals surface area contributed by atoms with Gasteiger partial charge in [0.15, 0.2) is 14.6 Å². The standard InChI is InChI=1S/C17H30N2O6Si/c1-10-9-19(16(22)18-14(10)20)12-8-11(13(24-12)15(21)23-5)25-26(6,7)17(2,3)4/h9,11-13,15,21H,8H2,1-7H3,(H,18,20,22)/t11?,12-,13+,15?/m1/s1. The maximum atomic E-state index is 12.2. The number of aliphatic hydroxyl groups excluding tert-OH is 1. The Hall–Kier alpha value is -1.26. The second kappa shape index (κ2) is 7.39. The fraction of sp³-hybridized carbons (Fsp3) is 0.765. The minimum absolute atomic E-state index is 0.0148. The van der Waals surface area contributed by atoms with E-state index in [2.05, 4.69) is 38.8 Å².